The maximum atomic E-state index is 13.6. The molecule has 0 aliphatic rings. The van der Waals surface area contributed by atoms with Gasteiger partial charge in [-0.15, -0.1) is 0 Å². The minimum absolute atomic E-state index is 0.0348. The number of halogens is 6. The van der Waals surface area contributed by atoms with E-state index in [1.54, 1.807) is 44.2 Å². The maximum absolute atomic E-state index is 13.6. The highest BCUT2D eigenvalue weighted by molar-refractivity contribution is 5.78. The Kier molecular flexibility index (Phi) is 7.62. The molecule has 0 aromatic heterocycles. The van der Waals surface area contributed by atoms with Crippen molar-refractivity contribution in [1.29, 1.82) is 0 Å². The van der Waals surface area contributed by atoms with Gasteiger partial charge < -0.3 is 5.32 Å². The molecule has 3 aromatic rings. The second-order valence-electron chi connectivity index (χ2n) is 8.87. The molecule has 3 rings (SSSR count). The molecular weight excluding hydrogens is 468 g/mol. The van der Waals surface area contributed by atoms with Gasteiger partial charge in [0, 0.05) is 12.8 Å². The van der Waals surface area contributed by atoms with Crippen LogP contribution in [-0.4, -0.2) is 5.91 Å². The molecule has 0 heterocycles. The Morgan fingerprint density at radius 1 is 0.714 bits per heavy atom. The normalized spacial score (nSPS) is 12.6. The van der Waals surface area contributed by atoms with Gasteiger partial charge in [-0.3, -0.25) is 4.79 Å². The van der Waals surface area contributed by atoms with Crippen LogP contribution in [0.1, 0.15) is 48.1 Å². The molecule has 3 aromatic carbocycles. The molecule has 0 aliphatic heterocycles. The summed E-state index contributed by atoms with van der Waals surface area (Å²) in [5.41, 5.74) is -2.90. The molecule has 0 saturated heterocycles. The van der Waals surface area contributed by atoms with Crippen molar-refractivity contribution in [2.24, 2.45) is 5.92 Å². The summed E-state index contributed by atoms with van der Waals surface area (Å²) >= 11 is 0. The van der Waals surface area contributed by atoms with E-state index in [2.05, 4.69) is 5.32 Å². The molecule has 1 amide bonds. The predicted molar refractivity (Wildman–Crippen MR) is 121 cm³/mol. The predicted octanol–water partition coefficient (Wildman–Crippen LogP) is 7.37. The second kappa shape index (κ2) is 10.1. The summed E-state index contributed by atoms with van der Waals surface area (Å²) in [7, 11) is 0. The number of amides is 1. The Morgan fingerprint density at radius 3 is 1.60 bits per heavy atom. The van der Waals surface area contributed by atoms with Crippen LogP contribution in [0.3, 0.4) is 0 Å². The maximum Gasteiger partial charge on any atom is 0.416 e. The van der Waals surface area contributed by atoms with E-state index < -0.39 is 34.9 Å². The van der Waals surface area contributed by atoms with E-state index in [4.69, 9.17) is 0 Å². The van der Waals surface area contributed by atoms with Crippen molar-refractivity contribution in [3.05, 3.63) is 107 Å². The standard InChI is InChI=1S/C27H25F6NO/c1-18(2)14-24(35)34-25(17-19-8-4-3-5-9-19,20-10-6-12-22(15-20)26(28,29)30)21-11-7-13-23(16-21)27(31,32)33/h3-13,15-16,18H,14,17H2,1-2H3,(H,34,35). The smallest absolute Gasteiger partial charge is 0.342 e. The molecule has 0 saturated carbocycles. The highest BCUT2D eigenvalue weighted by atomic mass is 19.4. The first-order chi connectivity index (χ1) is 16.3. The van der Waals surface area contributed by atoms with E-state index >= 15 is 0 Å². The molecule has 0 bridgehead atoms. The molecule has 0 atom stereocenters. The minimum atomic E-state index is -4.68. The van der Waals surface area contributed by atoms with Gasteiger partial charge in [0.05, 0.1) is 16.7 Å². The third-order valence-corrected chi connectivity index (χ3v) is 5.62. The summed E-state index contributed by atoms with van der Waals surface area (Å²) in [4.78, 5) is 13.0. The molecule has 186 valence electrons. The van der Waals surface area contributed by atoms with Crippen LogP contribution in [0.4, 0.5) is 26.3 Å². The molecule has 0 aliphatic carbocycles. The zero-order chi connectivity index (χ0) is 25.9. The highest BCUT2D eigenvalue weighted by Gasteiger charge is 2.40. The van der Waals surface area contributed by atoms with Crippen LogP contribution in [0.15, 0.2) is 78.9 Å². The van der Waals surface area contributed by atoms with Gasteiger partial charge in [-0.2, -0.15) is 26.3 Å². The van der Waals surface area contributed by atoms with E-state index in [0.717, 1.165) is 24.3 Å². The van der Waals surface area contributed by atoms with E-state index in [1.807, 2.05) is 0 Å². The first-order valence-electron chi connectivity index (χ1n) is 11.0. The lowest BCUT2D eigenvalue weighted by Crippen LogP contribution is -2.49. The van der Waals surface area contributed by atoms with Crippen molar-refractivity contribution in [1.82, 2.24) is 5.32 Å². The lowest BCUT2D eigenvalue weighted by atomic mass is 9.76. The topological polar surface area (TPSA) is 29.1 Å². The van der Waals surface area contributed by atoms with Crippen molar-refractivity contribution in [2.75, 3.05) is 0 Å². The van der Waals surface area contributed by atoms with Crippen LogP contribution in [0.25, 0.3) is 0 Å². The van der Waals surface area contributed by atoms with E-state index in [-0.39, 0.29) is 29.9 Å². The summed E-state index contributed by atoms with van der Waals surface area (Å²) < 4.78 is 81.6. The molecule has 0 radical (unpaired) electrons. The van der Waals surface area contributed by atoms with Gasteiger partial charge in [0.2, 0.25) is 5.91 Å². The van der Waals surface area contributed by atoms with Crippen molar-refractivity contribution in [3.8, 4) is 0 Å². The highest BCUT2D eigenvalue weighted by Crippen LogP contribution is 2.39. The van der Waals surface area contributed by atoms with Crippen molar-refractivity contribution >= 4 is 5.91 Å². The molecule has 35 heavy (non-hydrogen) atoms. The van der Waals surface area contributed by atoms with Crippen LogP contribution >= 0.6 is 0 Å². The monoisotopic (exact) mass is 493 g/mol. The molecule has 1 N–H and O–H groups in total. The van der Waals surface area contributed by atoms with Crippen LogP contribution < -0.4 is 5.32 Å². The molecule has 0 unspecified atom stereocenters. The summed E-state index contributed by atoms with van der Waals surface area (Å²) in [6.45, 7) is 3.60. The van der Waals surface area contributed by atoms with Crippen LogP contribution in [-0.2, 0) is 29.1 Å². The number of benzene rings is 3. The van der Waals surface area contributed by atoms with E-state index in [0.29, 0.717) is 5.56 Å². The summed E-state index contributed by atoms with van der Waals surface area (Å²) in [6.07, 6.45) is -9.36. The van der Waals surface area contributed by atoms with Crippen LogP contribution in [0, 0.1) is 5.92 Å². The molecule has 8 heteroatoms. The van der Waals surface area contributed by atoms with Crippen molar-refractivity contribution < 1.29 is 31.1 Å². The van der Waals surface area contributed by atoms with E-state index in [9.17, 15) is 31.1 Å². The van der Waals surface area contributed by atoms with Gasteiger partial charge in [-0.05, 0) is 46.9 Å². The number of alkyl halides is 6. The average Bonchev–Trinajstić information content (AvgIpc) is 2.78. The summed E-state index contributed by atoms with van der Waals surface area (Å²) in [5, 5.41) is 2.83. The summed E-state index contributed by atoms with van der Waals surface area (Å²) in [6, 6.07) is 17.3. The number of carbonyl (C=O) groups excluding carboxylic acids is 1. The number of nitrogens with one attached hydrogen (secondary N) is 1. The summed E-state index contributed by atoms with van der Waals surface area (Å²) in [5.74, 6) is -0.557. The molecule has 2 nitrogen and oxygen atoms in total. The molecule has 0 spiro atoms. The third-order valence-electron chi connectivity index (χ3n) is 5.62. The first kappa shape index (κ1) is 26.3. The molecular formula is C27H25F6NO. The van der Waals surface area contributed by atoms with Gasteiger partial charge in [0.15, 0.2) is 0 Å². The zero-order valence-electron chi connectivity index (χ0n) is 19.2. The molecule has 0 fully saturated rings. The van der Waals surface area contributed by atoms with Crippen LogP contribution in [0.5, 0.6) is 0 Å². The van der Waals surface area contributed by atoms with Gasteiger partial charge in [0.25, 0.3) is 0 Å². The van der Waals surface area contributed by atoms with Crippen molar-refractivity contribution in [2.45, 2.75) is 44.6 Å². The Labute approximate surface area is 200 Å². The number of carbonyl (C=O) groups is 1. The minimum Gasteiger partial charge on any atom is -0.342 e. The van der Waals surface area contributed by atoms with Gasteiger partial charge in [0.1, 0.15) is 0 Å². The first-order valence-corrected chi connectivity index (χ1v) is 11.0. The van der Waals surface area contributed by atoms with Gasteiger partial charge in [-0.25, -0.2) is 0 Å². The average molecular weight is 493 g/mol. The number of rotatable bonds is 7. The van der Waals surface area contributed by atoms with Crippen LogP contribution in [0.2, 0.25) is 0 Å². The van der Waals surface area contributed by atoms with Gasteiger partial charge >= 0.3 is 12.4 Å². The lowest BCUT2D eigenvalue weighted by molar-refractivity contribution is -0.138. The fourth-order valence-corrected chi connectivity index (χ4v) is 4.04. The SMILES string of the molecule is CC(C)CC(=O)NC(Cc1ccccc1)(c1cccc(C(F)(F)F)c1)c1cccc(C(F)(F)F)c1. The lowest BCUT2D eigenvalue weighted by Gasteiger charge is -2.37. The van der Waals surface area contributed by atoms with E-state index in [1.165, 1.54) is 24.3 Å². The zero-order valence-corrected chi connectivity index (χ0v) is 19.2. The largest absolute Gasteiger partial charge is 0.416 e. The second-order valence-corrected chi connectivity index (χ2v) is 8.87. The Balaban J connectivity index is 2.32. The van der Waals surface area contributed by atoms with Gasteiger partial charge in [-0.1, -0.05) is 68.4 Å². The number of hydrogen-bond acceptors (Lipinski definition) is 1. The Morgan fingerprint density at radius 2 is 1.17 bits per heavy atom. The Bertz CT molecular complexity index is 1090. The third kappa shape index (κ3) is 6.44. The van der Waals surface area contributed by atoms with Crippen molar-refractivity contribution in [3.63, 3.8) is 0 Å². The fraction of sp³-hybridized carbons (Fsp3) is 0.296. The quantitative estimate of drug-likeness (QED) is 0.342. The fourth-order valence-electron chi connectivity index (χ4n) is 4.04. The Hall–Kier alpha value is -3.29. The number of hydrogen-bond donors (Lipinski definition) is 1.